The molecule has 0 bridgehead atoms. The van der Waals surface area contributed by atoms with Gasteiger partial charge >= 0.3 is 6.03 Å². The Morgan fingerprint density at radius 1 is 1.42 bits per heavy atom. The van der Waals surface area contributed by atoms with Crippen molar-refractivity contribution in [3.8, 4) is 0 Å². The summed E-state index contributed by atoms with van der Waals surface area (Å²) in [6.45, 7) is 5.37. The third-order valence-electron chi connectivity index (χ3n) is 5.66. The molecule has 0 radical (unpaired) electrons. The molecule has 24 heavy (non-hydrogen) atoms. The molecule has 2 aliphatic rings. The normalized spacial score (nSPS) is 23.3. The van der Waals surface area contributed by atoms with Crippen molar-refractivity contribution in [3.63, 3.8) is 0 Å². The summed E-state index contributed by atoms with van der Waals surface area (Å²) in [6.07, 6.45) is 10.2. The summed E-state index contributed by atoms with van der Waals surface area (Å²) in [6, 6.07) is 4.24. The Bertz CT molecular complexity index is 529. The molecule has 1 aliphatic carbocycles. The third-order valence-corrected chi connectivity index (χ3v) is 5.66. The van der Waals surface area contributed by atoms with Gasteiger partial charge in [0.05, 0.1) is 6.04 Å². The third kappa shape index (κ3) is 4.26. The lowest BCUT2D eigenvalue weighted by Gasteiger charge is -2.27. The van der Waals surface area contributed by atoms with Gasteiger partial charge in [-0.25, -0.2) is 4.79 Å². The lowest BCUT2D eigenvalue weighted by Crippen LogP contribution is -2.45. The summed E-state index contributed by atoms with van der Waals surface area (Å²) in [5.41, 5.74) is 1.06. The zero-order chi connectivity index (χ0) is 16.9. The fourth-order valence-corrected chi connectivity index (χ4v) is 3.97. The highest BCUT2D eigenvalue weighted by molar-refractivity contribution is 5.74. The molecule has 1 aromatic heterocycles. The molecule has 1 saturated heterocycles. The van der Waals surface area contributed by atoms with Gasteiger partial charge in [0.15, 0.2) is 0 Å². The molecule has 2 unspecified atom stereocenters. The van der Waals surface area contributed by atoms with E-state index in [0.717, 1.165) is 31.0 Å². The summed E-state index contributed by atoms with van der Waals surface area (Å²) in [4.78, 5) is 21.0. The van der Waals surface area contributed by atoms with E-state index in [1.807, 2.05) is 32.3 Å². The molecule has 5 nitrogen and oxygen atoms in total. The summed E-state index contributed by atoms with van der Waals surface area (Å²) in [7, 11) is 1.86. The fourth-order valence-electron chi connectivity index (χ4n) is 3.97. The fraction of sp³-hybridized carbons (Fsp3) is 0.684. The van der Waals surface area contributed by atoms with Gasteiger partial charge < -0.3 is 15.1 Å². The highest BCUT2D eigenvalue weighted by atomic mass is 16.2. The Balaban J connectivity index is 1.46. The van der Waals surface area contributed by atoms with E-state index in [-0.39, 0.29) is 18.1 Å². The van der Waals surface area contributed by atoms with Crippen LogP contribution in [0.25, 0.3) is 0 Å². The Morgan fingerprint density at radius 2 is 2.21 bits per heavy atom. The minimum absolute atomic E-state index is 0.0130. The second kappa shape index (κ2) is 7.97. The molecule has 3 rings (SSSR count). The number of aromatic nitrogens is 1. The number of hydrogen-bond acceptors (Lipinski definition) is 3. The molecule has 1 N–H and O–H groups in total. The summed E-state index contributed by atoms with van der Waals surface area (Å²) >= 11 is 0. The van der Waals surface area contributed by atoms with E-state index in [1.165, 1.54) is 32.2 Å². The Hall–Kier alpha value is -1.62. The molecular formula is C19H30N4O. The molecule has 2 atom stereocenters. The second-order valence-electron chi connectivity index (χ2n) is 7.42. The Kier molecular flexibility index (Phi) is 5.72. The summed E-state index contributed by atoms with van der Waals surface area (Å²) < 4.78 is 0. The lowest BCUT2D eigenvalue weighted by molar-refractivity contribution is 0.189. The van der Waals surface area contributed by atoms with Gasteiger partial charge in [-0.1, -0.05) is 18.9 Å². The molecule has 0 spiro atoms. The van der Waals surface area contributed by atoms with Crippen molar-refractivity contribution in [1.29, 1.82) is 0 Å². The van der Waals surface area contributed by atoms with Gasteiger partial charge in [-0.15, -0.1) is 0 Å². The lowest BCUT2D eigenvalue weighted by atomic mass is 10.1. The second-order valence-corrected chi connectivity index (χ2v) is 7.42. The van der Waals surface area contributed by atoms with Gasteiger partial charge in [-0.3, -0.25) is 4.98 Å². The average molecular weight is 330 g/mol. The van der Waals surface area contributed by atoms with Crippen LogP contribution < -0.4 is 5.32 Å². The van der Waals surface area contributed by atoms with E-state index in [1.54, 1.807) is 11.1 Å². The van der Waals surface area contributed by atoms with Gasteiger partial charge in [0, 0.05) is 45.1 Å². The van der Waals surface area contributed by atoms with Crippen LogP contribution in [-0.4, -0.2) is 53.5 Å². The SMILES string of the molecule is CC(c1cccnc1)N(C)C(=O)NC1CCN(CC2CCCC2)C1. The summed E-state index contributed by atoms with van der Waals surface area (Å²) in [5, 5.41) is 3.21. The Labute approximate surface area is 145 Å². The van der Waals surface area contributed by atoms with Gasteiger partial charge in [0.2, 0.25) is 0 Å². The number of amides is 2. The number of urea groups is 1. The van der Waals surface area contributed by atoms with Crippen molar-refractivity contribution in [2.24, 2.45) is 5.92 Å². The number of nitrogens with zero attached hydrogens (tertiary/aromatic N) is 3. The van der Waals surface area contributed by atoms with Crippen LogP contribution in [0.15, 0.2) is 24.5 Å². The van der Waals surface area contributed by atoms with Crippen LogP contribution in [0.3, 0.4) is 0 Å². The molecule has 2 heterocycles. The van der Waals surface area contributed by atoms with E-state index in [2.05, 4.69) is 15.2 Å². The van der Waals surface area contributed by atoms with Crippen LogP contribution >= 0.6 is 0 Å². The van der Waals surface area contributed by atoms with Gasteiger partial charge in [0.1, 0.15) is 0 Å². The van der Waals surface area contributed by atoms with Crippen LogP contribution in [-0.2, 0) is 0 Å². The topological polar surface area (TPSA) is 48.5 Å². The van der Waals surface area contributed by atoms with E-state index in [9.17, 15) is 4.79 Å². The number of likely N-dealkylation sites (tertiary alicyclic amines) is 1. The molecule has 2 fully saturated rings. The number of carbonyl (C=O) groups excluding carboxylic acids is 1. The minimum atomic E-state index is 0.0130. The molecule has 1 aliphatic heterocycles. The molecular weight excluding hydrogens is 300 g/mol. The van der Waals surface area contributed by atoms with E-state index in [4.69, 9.17) is 0 Å². The van der Waals surface area contributed by atoms with Crippen molar-refractivity contribution in [1.82, 2.24) is 20.1 Å². The highest BCUT2D eigenvalue weighted by Crippen LogP contribution is 2.26. The largest absolute Gasteiger partial charge is 0.334 e. The van der Waals surface area contributed by atoms with Crippen molar-refractivity contribution < 1.29 is 4.79 Å². The average Bonchev–Trinajstić information content (AvgIpc) is 3.27. The Morgan fingerprint density at radius 3 is 2.92 bits per heavy atom. The maximum atomic E-state index is 12.5. The quantitative estimate of drug-likeness (QED) is 0.903. The van der Waals surface area contributed by atoms with Crippen molar-refractivity contribution >= 4 is 6.03 Å². The van der Waals surface area contributed by atoms with Crippen molar-refractivity contribution in [3.05, 3.63) is 30.1 Å². The molecule has 1 saturated carbocycles. The van der Waals surface area contributed by atoms with Gasteiger partial charge in [-0.2, -0.15) is 0 Å². The maximum absolute atomic E-state index is 12.5. The maximum Gasteiger partial charge on any atom is 0.317 e. The molecule has 1 aromatic rings. The molecule has 5 heteroatoms. The number of rotatable bonds is 5. The zero-order valence-corrected chi connectivity index (χ0v) is 14.9. The zero-order valence-electron chi connectivity index (χ0n) is 14.9. The van der Waals surface area contributed by atoms with Crippen LogP contribution in [0.4, 0.5) is 4.79 Å². The first-order chi connectivity index (χ1) is 11.6. The van der Waals surface area contributed by atoms with Gasteiger partial charge in [-0.05, 0) is 43.7 Å². The first-order valence-electron chi connectivity index (χ1n) is 9.29. The minimum Gasteiger partial charge on any atom is -0.334 e. The molecule has 0 aromatic carbocycles. The van der Waals surface area contributed by atoms with E-state index < -0.39 is 0 Å². The monoisotopic (exact) mass is 330 g/mol. The standard InChI is InChI=1S/C19H30N4O/c1-15(17-8-5-10-20-12-17)22(2)19(24)21-18-9-11-23(14-18)13-16-6-3-4-7-16/h5,8,10,12,15-16,18H,3-4,6-7,9,11,13-14H2,1-2H3,(H,21,24). The van der Waals surface area contributed by atoms with Gasteiger partial charge in [0.25, 0.3) is 0 Å². The summed E-state index contributed by atoms with van der Waals surface area (Å²) in [5.74, 6) is 0.882. The number of nitrogens with one attached hydrogen (secondary N) is 1. The smallest absolute Gasteiger partial charge is 0.317 e. The highest BCUT2D eigenvalue weighted by Gasteiger charge is 2.28. The van der Waals surface area contributed by atoms with Crippen LogP contribution in [0.2, 0.25) is 0 Å². The number of carbonyl (C=O) groups is 1. The number of pyridine rings is 1. The molecule has 132 valence electrons. The van der Waals surface area contributed by atoms with Crippen LogP contribution in [0.1, 0.15) is 50.6 Å². The first-order valence-corrected chi connectivity index (χ1v) is 9.29. The van der Waals surface area contributed by atoms with Crippen LogP contribution in [0.5, 0.6) is 0 Å². The van der Waals surface area contributed by atoms with E-state index in [0.29, 0.717) is 0 Å². The van der Waals surface area contributed by atoms with Crippen molar-refractivity contribution in [2.75, 3.05) is 26.7 Å². The predicted molar refractivity (Wildman–Crippen MR) is 95.7 cm³/mol. The van der Waals surface area contributed by atoms with E-state index >= 15 is 0 Å². The molecule has 2 amide bonds. The van der Waals surface area contributed by atoms with Crippen LogP contribution in [0, 0.1) is 5.92 Å². The van der Waals surface area contributed by atoms with Crippen molar-refractivity contribution in [2.45, 2.75) is 51.1 Å². The first kappa shape index (κ1) is 17.2. The number of hydrogen-bond donors (Lipinski definition) is 1. The predicted octanol–water partition coefficient (Wildman–Crippen LogP) is 3.05.